The van der Waals surface area contributed by atoms with E-state index in [4.69, 9.17) is 9.72 Å². The normalized spacial score (nSPS) is 20.6. The van der Waals surface area contributed by atoms with Gasteiger partial charge in [-0.15, -0.1) is 22.7 Å². The third-order valence-electron chi connectivity index (χ3n) is 2.79. The fraction of sp³-hybridized carbons (Fsp3) is 0.417. The summed E-state index contributed by atoms with van der Waals surface area (Å²) in [5.74, 6) is 0. The molecule has 0 aliphatic carbocycles. The van der Waals surface area contributed by atoms with Gasteiger partial charge >= 0.3 is 0 Å². The molecule has 17 heavy (non-hydrogen) atoms. The summed E-state index contributed by atoms with van der Waals surface area (Å²) in [5, 5.41) is 6.68. The van der Waals surface area contributed by atoms with Gasteiger partial charge in [0.2, 0.25) is 0 Å². The minimum atomic E-state index is 0.265. The van der Waals surface area contributed by atoms with Crippen molar-refractivity contribution in [3.63, 3.8) is 0 Å². The average Bonchev–Trinajstić information content (AvgIpc) is 2.99. The Hall–Kier alpha value is -0.750. The predicted octanol–water partition coefficient (Wildman–Crippen LogP) is 2.84. The number of nitrogens with one attached hydrogen (secondary N) is 1. The summed E-state index contributed by atoms with van der Waals surface area (Å²) in [5.41, 5.74) is 1.13. The number of aromatic nitrogens is 1. The lowest BCUT2D eigenvalue weighted by Gasteiger charge is -2.21. The zero-order valence-corrected chi connectivity index (χ0v) is 11.2. The maximum absolute atomic E-state index is 5.48. The Labute approximate surface area is 108 Å². The molecule has 2 aromatic rings. The molecule has 5 heteroatoms. The number of hydrogen-bond acceptors (Lipinski definition) is 5. The van der Waals surface area contributed by atoms with Crippen LogP contribution in [-0.4, -0.2) is 24.7 Å². The smallest absolute Gasteiger partial charge is 0.113 e. The lowest BCUT2D eigenvalue weighted by atomic mass is 10.3. The molecule has 1 atom stereocenters. The van der Waals surface area contributed by atoms with Crippen LogP contribution in [0.4, 0.5) is 0 Å². The van der Waals surface area contributed by atoms with E-state index >= 15 is 0 Å². The number of hydrogen-bond donors (Lipinski definition) is 1. The maximum Gasteiger partial charge on any atom is 0.113 e. The molecule has 2 aromatic heterocycles. The van der Waals surface area contributed by atoms with Gasteiger partial charge in [-0.3, -0.25) is 0 Å². The third kappa shape index (κ3) is 2.28. The Bertz CT molecular complexity index is 487. The number of aryl methyl sites for hydroxylation is 1. The Morgan fingerprint density at radius 3 is 3.18 bits per heavy atom. The zero-order valence-electron chi connectivity index (χ0n) is 9.60. The summed E-state index contributed by atoms with van der Waals surface area (Å²) in [4.78, 5) is 7.30. The molecule has 1 saturated heterocycles. The number of nitrogens with zero attached hydrogens (tertiary/aromatic N) is 1. The summed E-state index contributed by atoms with van der Waals surface area (Å²) in [7, 11) is 0. The molecule has 1 N–H and O–H groups in total. The molecule has 1 aliphatic heterocycles. The van der Waals surface area contributed by atoms with Gasteiger partial charge in [-0.2, -0.15) is 0 Å². The van der Waals surface area contributed by atoms with Crippen LogP contribution < -0.4 is 5.32 Å². The summed E-state index contributed by atoms with van der Waals surface area (Å²) in [6.07, 6.45) is 0. The molecular formula is C12H14N2OS2. The Kier molecular flexibility index (Phi) is 3.24. The van der Waals surface area contributed by atoms with Gasteiger partial charge in [-0.25, -0.2) is 4.98 Å². The largest absolute Gasteiger partial charge is 0.378 e. The van der Waals surface area contributed by atoms with Gasteiger partial charge in [0.05, 0.1) is 29.8 Å². The van der Waals surface area contributed by atoms with Crippen LogP contribution in [0, 0.1) is 6.92 Å². The van der Waals surface area contributed by atoms with Crippen molar-refractivity contribution in [1.29, 1.82) is 0 Å². The molecule has 3 nitrogen and oxygen atoms in total. The maximum atomic E-state index is 5.48. The first-order valence-electron chi connectivity index (χ1n) is 5.67. The van der Waals surface area contributed by atoms with E-state index in [1.165, 1.54) is 9.75 Å². The number of thiazole rings is 1. The fourth-order valence-electron chi connectivity index (χ4n) is 1.93. The highest BCUT2D eigenvalue weighted by molar-refractivity contribution is 7.15. The topological polar surface area (TPSA) is 34.1 Å². The summed E-state index contributed by atoms with van der Waals surface area (Å²) < 4.78 is 5.48. The van der Waals surface area contributed by atoms with E-state index in [1.807, 2.05) is 0 Å². The zero-order chi connectivity index (χ0) is 11.7. The number of thiophene rings is 1. The summed E-state index contributed by atoms with van der Waals surface area (Å²) in [6, 6.07) is 4.46. The number of rotatable bonds is 2. The lowest BCUT2D eigenvalue weighted by molar-refractivity contribution is 0.0768. The first-order chi connectivity index (χ1) is 8.34. The molecule has 0 radical (unpaired) electrons. The molecule has 0 aromatic carbocycles. The molecule has 0 saturated carbocycles. The van der Waals surface area contributed by atoms with Crippen LogP contribution >= 0.6 is 22.7 Å². The quantitative estimate of drug-likeness (QED) is 0.907. The molecule has 0 spiro atoms. The molecule has 3 heterocycles. The van der Waals surface area contributed by atoms with E-state index < -0.39 is 0 Å². The van der Waals surface area contributed by atoms with Crippen LogP contribution in [0.5, 0.6) is 0 Å². The lowest BCUT2D eigenvalue weighted by Crippen LogP contribution is -2.34. The minimum absolute atomic E-state index is 0.265. The SMILES string of the molecule is Cc1sc(C2COCCN2)nc1-c1cccs1. The van der Waals surface area contributed by atoms with Crippen LogP contribution in [0.15, 0.2) is 17.5 Å². The van der Waals surface area contributed by atoms with Crippen LogP contribution in [0.2, 0.25) is 0 Å². The highest BCUT2D eigenvalue weighted by Crippen LogP contribution is 2.33. The predicted molar refractivity (Wildman–Crippen MR) is 71.7 cm³/mol. The van der Waals surface area contributed by atoms with E-state index in [1.54, 1.807) is 22.7 Å². The Morgan fingerprint density at radius 2 is 2.47 bits per heavy atom. The second-order valence-electron chi connectivity index (χ2n) is 4.02. The number of morpholine rings is 1. The Morgan fingerprint density at radius 1 is 1.53 bits per heavy atom. The van der Waals surface area contributed by atoms with E-state index in [0.29, 0.717) is 0 Å². The highest BCUT2D eigenvalue weighted by atomic mass is 32.1. The third-order valence-corrected chi connectivity index (χ3v) is 4.75. The molecule has 1 fully saturated rings. The monoisotopic (exact) mass is 266 g/mol. The average molecular weight is 266 g/mol. The van der Waals surface area contributed by atoms with Gasteiger partial charge in [-0.05, 0) is 18.4 Å². The van der Waals surface area contributed by atoms with E-state index in [0.717, 1.165) is 30.5 Å². The van der Waals surface area contributed by atoms with Crippen molar-refractivity contribution in [2.45, 2.75) is 13.0 Å². The highest BCUT2D eigenvalue weighted by Gasteiger charge is 2.20. The molecule has 3 rings (SSSR count). The molecule has 1 unspecified atom stereocenters. The number of ether oxygens (including phenoxy) is 1. The van der Waals surface area contributed by atoms with Crippen molar-refractivity contribution < 1.29 is 4.74 Å². The van der Waals surface area contributed by atoms with E-state index in [2.05, 4.69) is 29.8 Å². The first-order valence-corrected chi connectivity index (χ1v) is 7.36. The van der Waals surface area contributed by atoms with Crippen LogP contribution in [-0.2, 0) is 4.74 Å². The van der Waals surface area contributed by atoms with E-state index in [-0.39, 0.29) is 6.04 Å². The summed E-state index contributed by atoms with van der Waals surface area (Å²) in [6.45, 7) is 4.59. The van der Waals surface area contributed by atoms with Gasteiger partial charge < -0.3 is 10.1 Å². The molecular weight excluding hydrogens is 252 g/mol. The standard InChI is InChI=1S/C12H14N2OS2/c1-8-11(10-3-2-6-16-10)14-12(17-8)9-7-15-5-4-13-9/h2-3,6,9,13H,4-5,7H2,1H3. The van der Waals surface area contributed by atoms with Gasteiger partial charge in [-0.1, -0.05) is 6.07 Å². The summed E-state index contributed by atoms with van der Waals surface area (Å²) >= 11 is 3.51. The van der Waals surface area contributed by atoms with Gasteiger partial charge in [0.15, 0.2) is 0 Å². The van der Waals surface area contributed by atoms with Crippen LogP contribution in [0.25, 0.3) is 10.6 Å². The minimum Gasteiger partial charge on any atom is -0.378 e. The van der Waals surface area contributed by atoms with Crippen LogP contribution in [0.3, 0.4) is 0 Å². The van der Waals surface area contributed by atoms with Crippen molar-refractivity contribution in [2.75, 3.05) is 19.8 Å². The molecule has 0 bridgehead atoms. The van der Waals surface area contributed by atoms with Gasteiger partial charge in [0.1, 0.15) is 5.01 Å². The van der Waals surface area contributed by atoms with Crippen molar-refractivity contribution in [2.24, 2.45) is 0 Å². The van der Waals surface area contributed by atoms with E-state index in [9.17, 15) is 0 Å². The van der Waals surface area contributed by atoms with Crippen molar-refractivity contribution in [1.82, 2.24) is 10.3 Å². The fourth-order valence-corrected chi connectivity index (χ4v) is 3.76. The van der Waals surface area contributed by atoms with Crippen molar-refractivity contribution in [3.8, 4) is 10.6 Å². The van der Waals surface area contributed by atoms with Gasteiger partial charge in [0, 0.05) is 11.4 Å². The molecule has 1 aliphatic rings. The first kappa shape index (κ1) is 11.3. The van der Waals surface area contributed by atoms with Crippen molar-refractivity contribution in [3.05, 3.63) is 27.4 Å². The van der Waals surface area contributed by atoms with Crippen molar-refractivity contribution >= 4 is 22.7 Å². The second-order valence-corrected chi connectivity index (χ2v) is 6.20. The molecule has 0 amide bonds. The van der Waals surface area contributed by atoms with Crippen LogP contribution in [0.1, 0.15) is 15.9 Å². The second kappa shape index (κ2) is 4.86. The molecule has 90 valence electrons. The van der Waals surface area contributed by atoms with Gasteiger partial charge in [0.25, 0.3) is 0 Å². The Balaban J connectivity index is 1.90.